The number of benzene rings is 2. The maximum atomic E-state index is 13.2. The van der Waals surface area contributed by atoms with E-state index in [1.807, 2.05) is 47.4 Å². The van der Waals surface area contributed by atoms with Crippen molar-refractivity contribution in [2.45, 2.75) is 12.6 Å². The molecule has 30 heavy (non-hydrogen) atoms. The number of aromatic nitrogens is 2. The number of hydrogen-bond donors (Lipinski definition) is 1. The normalized spacial score (nSPS) is 17.0. The lowest BCUT2D eigenvalue weighted by atomic mass is 10.0. The van der Waals surface area contributed by atoms with Gasteiger partial charge in [-0.15, -0.1) is 0 Å². The topological polar surface area (TPSA) is 70.7 Å². The first-order chi connectivity index (χ1) is 14.7. The molecule has 156 valence electrons. The fourth-order valence-corrected chi connectivity index (χ4v) is 3.71. The molecule has 0 spiro atoms. The largest absolute Gasteiger partial charge is 0.493 e. The molecule has 4 rings (SSSR count). The first kappa shape index (κ1) is 20.0. The van der Waals surface area contributed by atoms with Crippen molar-refractivity contribution in [2.24, 2.45) is 0 Å². The van der Waals surface area contributed by atoms with Gasteiger partial charge in [-0.3, -0.25) is 9.89 Å². The summed E-state index contributed by atoms with van der Waals surface area (Å²) in [5.74, 6) is 1.24. The Bertz CT molecular complexity index is 989. The number of ether oxygens (including phenoxy) is 2. The Morgan fingerprint density at radius 2 is 1.83 bits per heavy atom. The van der Waals surface area contributed by atoms with E-state index < -0.39 is 0 Å². The number of carbonyl (C=O) groups excluding carboxylic acids is 1. The van der Waals surface area contributed by atoms with E-state index in [1.165, 1.54) is 0 Å². The second-order valence-corrected chi connectivity index (χ2v) is 7.41. The average Bonchev–Trinajstić information content (AvgIpc) is 3.27. The molecule has 1 amide bonds. The first-order valence-electron chi connectivity index (χ1n) is 10.0. The van der Waals surface area contributed by atoms with Crippen LogP contribution in [0.3, 0.4) is 0 Å². The number of nitrogens with zero attached hydrogens (tertiary/aromatic N) is 3. The highest BCUT2D eigenvalue weighted by Gasteiger charge is 2.31. The third-order valence-corrected chi connectivity index (χ3v) is 5.33. The van der Waals surface area contributed by atoms with Crippen LogP contribution < -0.4 is 9.47 Å². The molecule has 0 bridgehead atoms. The molecule has 1 saturated heterocycles. The molecule has 0 unspecified atom stereocenters. The number of nitrogens with one attached hydrogen (secondary N) is 1. The number of methoxy groups -OCH3 is 1. The molecule has 1 aliphatic heterocycles. The van der Waals surface area contributed by atoms with Crippen LogP contribution in [0.4, 0.5) is 0 Å². The number of aromatic amines is 1. The van der Waals surface area contributed by atoms with Crippen molar-refractivity contribution in [3.05, 3.63) is 77.6 Å². The van der Waals surface area contributed by atoms with Gasteiger partial charge in [-0.05, 0) is 30.8 Å². The molecule has 3 aromatic rings. The van der Waals surface area contributed by atoms with Crippen molar-refractivity contribution in [2.75, 3.05) is 33.8 Å². The molecule has 2 aromatic carbocycles. The second-order valence-electron chi connectivity index (χ2n) is 7.41. The summed E-state index contributed by atoms with van der Waals surface area (Å²) in [5.41, 5.74) is 2.27. The van der Waals surface area contributed by atoms with E-state index >= 15 is 0 Å². The van der Waals surface area contributed by atoms with E-state index in [0.717, 1.165) is 24.3 Å². The molecule has 7 heteroatoms. The number of hydrogen-bond acceptors (Lipinski definition) is 5. The molecular weight excluding hydrogens is 380 g/mol. The van der Waals surface area contributed by atoms with E-state index in [0.29, 0.717) is 23.7 Å². The molecule has 1 aliphatic rings. The Hall–Kier alpha value is -3.32. The van der Waals surface area contributed by atoms with Crippen molar-refractivity contribution in [3.8, 4) is 11.5 Å². The van der Waals surface area contributed by atoms with Crippen molar-refractivity contribution in [1.82, 2.24) is 20.0 Å². The van der Waals surface area contributed by atoms with E-state index in [4.69, 9.17) is 9.47 Å². The molecule has 1 atom stereocenters. The van der Waals surface area contributed by atoms with Crippen LogP contribution >= 0.6 is 0 Å². The summed E-state index contributed by atoms with van der Waals surface area (Å²) in [6.45, 7) is 2.56. The van der Waals surface area contributed by atoms with Gasteiger partial charge in [0.1, 0.15) is 6.61 Å². The van der Waals surface area contributed by atoms with E-state index in [9.17, 15) is 4.79 Å². The van der Waals surface area contributed by atoms with Gasteiger partial charge in [-0.1, -0.05) is 42.5 Å². The highest BCUT2D eigenvalue weighted by Crippen LogP contribution is 2.28. The average molecular weight is 406 g/mol. The van der Waals surface area contributed by atoms with Crippen LogP contribution in [0.2, 0.25) is 0 Å². The fraction of sp³-hybridized carbons (Fsp3) is 0.304. The third kappa shape index (κ3) is 4.31. The summed E-state index contributed by atoms with van der Waals surface area (Å²) in [4.78, 5) is 17.4. The van der Waals surface area contributed by atoms with Crippen molar-refractivity contribution >= 4 is 5.91 Å². The Kier molecular flexibility index (Phi) is 5.99. The molecule has 0 aliphatic carbocycles. The number of para-hydroxylation sites is 2. The SMILES string of the molecule is COc1ccccc1OCc1cc(C(=O)N2CCN(C)C[C@@H]2c2ccccc2)n[nH]1. The number of carbonyl (C=O) groups is 1. The summed E-state index contributed by atoms with van der Waals surface area (Å²) in [7, 11) is 3.69. The molecule has 0 saturated carbocycles. The van der Waals surface area contributed by atoms with Gasteiger partial charge in [0.05, 0.1) is 18.8 Å². The lowest BCUT2D eigenvalue weighted by molar-refractivity contribution is 0.0492. The molecule has 7 nitrogen and oxygen atoms in total. The zero-order valence-electron chi connectivity index (χ0n) is 17.2. The van der Waals surface area contributed by atoms with Crippen molar-refractivity contribution in [1.29, 1.82) is 0 Å². The van der Waals surface area contributed by atoms with Crippen molar-refractivity contribution < 1.29 is 14.3 Å². The standard InChI is InChI=1S/C23H26N4O3/c1-26-12-13-27(20(15-26)17-8-4-3-5-9-17)23(28)19-14-18(24-25-19)16-30-22-11-7-6-10-21(22)29-2/h3-11,14,20H,12-13,15-16H2,1-2H3,(H,24,25)/t20-/m1/s1. The van der Waals surface area contributed by atoms with Gasteiger partial charge in [0, 0.05) is 19.6 Å². The van der Waals surface area contributed by atoms with Crippen molar-refractivity contribution in [3.63, 3.8) is 0 Å². The Morgan fingerprint density at radius 3 is 2.60 bits per heavy atom. The number of likely N-dealkylation sites (N-methyl/N-ethyl adjacent to an activating group) is 1. The van der Waals surface area contributed by atoms with Gasteiger partial charge in [0.2, 0.25) is 0 Å². The van der Waals surface area contributed by atoms with Gasteiger partial charge < -0.3 is 19.3 Å². The van der Waals surface area contributed by atoms with Crippen LogP contribution in [0.25, 0.3) is 0 Å². The molecule has 1 fully saturated rings. The monoisotopic (exact) mass is 406 g/mol. The van der Waals surface area contributed by atoms with Crippen LogP contribution in [-0.2, 0) is 6.61 Å². The van der Waals surface area contributed by atoms with Gasteiger partial charge in [-0.2, -0.15) is 5.10 Å². The minimum absolute atomic E-state index is 0.00225. The lowest BCUT2D eigenvalue weighted by Crippen LogP contribution is -2.49. The highest BCUT2D eigenvalue weighted by molar-refractivity contribution is 5.92. The number of piperazine rings is 1. The molecule has 1 N–H and O–H groups in total. The fourth-order valence-electron chi connectivity index (χ4n) is 3.71. The Labute approximate surface area is 176 Å². The summed E-state index contributed by atoms with van der Waals surface area (Å²) >= 11 is 0. The third-order valence-electron chi connectivity index (χ3n) is 5.33. The van der Waals surface area contributed by atoms with Crippen LogP contribution in [0.5, 0.6) is 11.5 Å². The van der Waals surface area contributed by atoms with Gasteiger partial charge in [-0.25, -0.2) is 0 Å². The van der Waals surface area contributed by atoms with Crippen LogP contribution in [-0.4, -0.2) is 59.7 Å². The quantitative estimate of drug-likeness (QED) is 0.681. The zero-order chi connectivity index (χ0) is 20.9. The maximum Gasteiger partial charge on any atom is 0.274 e. The second kappa shape index (κ2) is 9.00. The smallest absolute Gasteiger partial charge is 0.274 e. The first-order valence-corrected chi connectivity index (χ1v) is 10.0. The molecular formula is C23H26N4O3. The molecule has 0 radical (unpaired) electrons. The Balaban J connectivity index is 1.47. The predicted molar refractivity (Wildman–Crippen MR) is 114 cm³/mol. The van der Waals surface area contributed by atoms with Gasteiger partial charge in [0.15, 0.2) is 17.2 Å². The number of rotatable bonds is 6. The molecule has 2 heterocycles. The number of amides is 1. The zero-order valence-corrected chi connectivity index (χ0v) is 17.2. The lowest BCUT2D eigenvalue weighted by Gasteiger charge is -2.40. The summed E-state index contributed by atoms with van der Waals surface area (Å²) in [6, 6.07) is 19.4. The minimum atomic E-state index is -0.0725. The minimum Gasteiger partial charge on any atom is -0.493 e. The van der Waals surface area contributed by atoms with Crippen LogP contribution in [0.15, 0.2) is 60.7 Å². The summed E-state index contributed by atoms with van der Waals surface area (Å²) in [5, 5.41) is 7.18. The van der Waals surface area contributed by atoms with E-state index in [2.05, 4.69) is 34.3 Å². The van der Waals surface area contributed by atoms with E-state index in [1.54, 1.807) is 13.2 Å². The highest BCUT2D eigenvalue weighted by atomic mass is 16.5. The maximum absolute atomic E-state index is 13.2. The summed E-state index contributed by atoms with van der Waals surface area (Å²) < 4.78 is 11.1. The van der Waals surface area contributed by atoms with E-state index in [-0.39, 0.29) is 18.6 Å². The van der Waals surface area contributed by atoms with Gasteiger partial charge in [0.25, 0.3) is 5.91 Å². The van der Waals surface area contributed by atoms with Crippen LogP contribution in [0.1, 0.15) is 27.8 Å². The van der Waals surface area contributed by atoms with Crippen LogP contribution in [0, 0.1) is 0 Å². The molecule has 1 aromatic heterocycles. The Morgan fingerprint density at radius 1 is 1.10 bits per heavy atom. The number of H-pyrrole nitrogens is 1. The predicted octanol–water partition coefficient (Wildman–Crippen LogP) is 3.13. The van der Waals surface area contributed by atoms with Gasteiger partial charge >= 0.3 is 0 Å². The summed E-state index contributed by atoms with van der Waals surface area (Å²) in [6.07, 6.45) is 0.